The van der Waals surface area contributed by atoms with Crippen LogP contribution in [-0.2, 0) is 19.9 Å². The van der Waals surface area contributed by atoms with Crippen molar-refractivity contribution in [1.82, 2.24) is 0 Å². The van der Waals surface area contributed by atoms with Gasteiger partial charge in [0, 0.05) is 12.3 Å². The summed E-state index contributed by atoms with van der Waals surface area (Å²) in [6.07, 6.45) is 3.79. The number of carbonyl (C=O) groups is 2. The van der Waals surface area contributed by atoms with Gasteiger partial charge in [-0.1, -0.05) is 43.2 Å². The average molecular weight is 361 g/mol. The summed E-state index contributed by atoms with van der Waals surface area (Å²) in [5.41, 5.74) is -1.07. The van der Waals surface area contributed by atoms with Gasteiger partial charge in [-0.25, -0.2) is 4.79 Å². The molecule has 142 valence electrons. The Labute approximate surface area is 154 Å². The first-order valence-corrected chi connectivity index (χ1v) is 9.36. The number of esters is 1. The smallest absolute Gasteiger partial charge is 0.343 e. The predicted octanol–water partition coefficient (Wildman–Crippen LogP) is 0.576. The normalized spacial score (nSPS) is 28.6. The number of aliphatic hydroxyl groups is 1. The SMILES string of the molecule is C[N@@+]1(CC(=O)[O-])CC[C@H](OC(=O)[C@@](O)(c2ccccc2)C2CCCC2)C1. The summed E-state index contributed by atoms with van der Waals surface area (Å²) in [5.74, 6) is -1.86. The highest BCUT2D eigenvalue weighted by Gasteiger charge is 2.49. The number of hydrogen-bond donors (Lipinski definition) is 1. The molecular weight excluding hydrogens is 334 g/mol. The standard InChI is InChI=1S/C20H27NO5/c1-21(14-18(22)23)12-11-17(13-21)26-19(24)20(25,16-9-5-6-10-16)15-7-3-2-4-8-15/h2-4,7-8,16-17,25H,5-6,9-14H2,1H3/t17-,20+,21+/m0/s1. The van der Waals surface area contributed by atoms with Crippen LogP contribution in [0.25, 0.3) is 0 Å². The van der Waals surface area contributed by atoms with Crippen molar-refractivity contribution in [2.24, 2.45) is 5.92 Å². The third-order valence-electron chi connectivity index (χ3n) is 5.89. The number of benzene rings is 1. The van der Waals surface area contributed by atoms with Crippen molar-refractivity contribution in [2.45, 2.75) is 43.8 Å². The third-order valence-corrected chi connectivity index (χ3v) is 5.89. The van der Waals surface area contributed by atoms with Crippen LogP contribution in [0.4, 0.5) is 0 Å². The van der Waals surface area contributed by atoms with Crippen molar-refractivity contribution in [3.8, 4) is 0 Å². The molecule has 1 heterocycles. The second kappa shape index (κ2) is 7.37. The van der Waals surface area contributed by atoms with E-state index in [9.17, 15) is 19.8 Å². The predicted molar refractivity (Wildman–Crippen MR) is 92.6 cm³/mol. The number of likely N-dealkylation sites (tertiary alicyclic amines) is 1. The van der Waals surface area contributed by atoms with Crippen LogP contribution >= 0.6 is 0 Å². The summed E-state index contributed by atoms with van der Waals surface area (Å²) >= 11 is 0. The largest absolute Gasteiger partial charge is 0.544 e. The van der Waals surface area contributed by atoms with Gasteiger partial charge >= 0.3 is 5.97 Å². The number of hydrogen-bond acceptors (Lipinski definition) is 5. The summed E-state index contributed by atoms with van der Waals surface area (Å²) in [6, 6.07) is 9.01. The molecule has 1 aliphatic heterocycles. The first kappa shape index (κ1) is 18.9. The highest BCUT2D eigenvalue weighted by atomic mass is 16.6. The molecule has 26 heavy (non-hydrogen) atoms. The number of aliphatic carboxylic acids is 1. The van der Waals surface area contributed by atoms with Gasteiger partial charge in [-0.05, 0) is 18.4 Å². The fourth-order valence-corrected chi connectivity index (χ4v) is 4.48. The topological polar surface area (TPSA) is 86.7 Å². The highest BCUT2D eigenvalue weighted by Crippen LogP contribution is 2.42. The van der Waals surface area contributed by atoms with E-state index >= 15 is 0 Å². The lowest BCUT2D eigenvalue weighted by molar-refractivity contribution is -0.893. The molecule has 0 radical (unpaired) electrons. The first-order chi connectivity index (χ1) is 12.3. The van der Waals surface area contributed by atoms with E-state index < -0.39 is 17.5 Å². The van der Waals surface area contributed by atoms with E-state index in [-0.39, 0.29) is 23.0 Å². The Kier molecular flexibility index (Phi) is 5.34. The van der Waals surface area contributed by atoms with Crippen molar-refractivity contribution in [2.75, 3.05) is 26.7 Å². The number of quaternary nitrogens is 1. The van der Waals surface area contributed by atoms with E-state index in [1.54, 1.807) is 12.1 Å². The van der Waals surface area contributed by atoms with Crippen molar-refractivity contribution < 1.29 is 29.0 Å². The molecule has 1 aliphatic carbocycles. The maximum absolute atomic E-state index is 13.0. The number of ether oxygens (including phenoxy) is 1. The molecule has 1 saturated carbocycles. The van der Waals surface area contributed by atoms with Gasteiger partial charge < -0.3 is 24.2 Å². The molecule has 1 aromatic rings. The van der Waals surface area contributed by atoms with Crippen LogP contribution < -0.4 is 5.11 Å². The lowest BCUT2D eigenvalue weighted by atomic mass is 9.80. The van der Waals surface area contributed by atoms with Crippen molar-refractivity contribution in [1.29, 1.82) is 0 Å². The van der Waals surface area contributed by atoms with Crippen molar-refractivity contribution >= 4 is 11.9 Å². The Morgan fingerprint density at radius 3 is 2.50 bits per heavy atom. The summed E-state index contributed by atoms with van der Waals surface area (Å²) < 4.78 is 5.99. The van der Waals surface area contributed by atoms with Gasteiger partial charge in [-0.3, -0.25) is 0 Å². The molecular formula is C20H27NO5. The summed E-state index contributed by atoms with van der Waals surface area (Å²) in [6.45, 7) is 0.938. The number of carboxylic acid groups (broad SMARTS) is 1. The first-order valence-electron chi connectivity index (χ1n) is 9.36. The zero-order chi connectivity index (χ0) is 18.8. The second-order valence-electron chi connectivity index (χ2n) is 7.99. The van der Waals surface area contributed by atoms with Gasteiger partial charge in [-0.2, -0.15) is 0 Å². The van der Waals surface area contributed by atoms with E-state index in [2.05, 4.69) is 0 Å². The van der Waals surface area contributed by atoms with Crippen molar-refractivity contribution in [3.63, 3.8) is 0 Å². The van der Waals surface area contributed by atoms with Gasteiger partial charge in [0.05, 0.1) is 19.6 Å². The molecule has 3 atom stereocenters. The number of carboxylic acids is 1. The summed E-state index contributed by atoms with van der Waals surface area (Å²) in [7, 11) is 1.82. The Balaban J connectivity index is 1.76. The van der Waals surface area contributed by atoms with Crippen LogP contribution in [0.15, 0.2) is 30.3 Å². The monoisotopic (exact) mass is 361 g/mol. The molecule has 1 N–H and O–H groups in total. The zero-order valence-corrected chi connectivity index (χ0v) is 15.2. The molecule has 0 amide bonds. The highest BCUT2D eigenvalue weighted by molar-refractivity contribution is 5.81. The van der Waals surface area contributed by atoms with E-state index in [0.29, 0.717) is 25.1 Å². The van der Waals surface area contributed by atoms with Crippen LogP contribution in [0.2, 0.25) is 0 Å². The van der Waals surface area contributed by atoms with Gasteiger partial charge in [0.1, 0.15) is 13.1 Å². The van der Waals surface area contributed by atoms with Crippen LogP contribution in [-0.4, -0.2) is 54.3 Å². The third kappa shape index (κ3) is 3.76. The molecule has 1 saturated heterocycles. The molecule has 6 heteroatoms. The summed E-state index contributed by atoms with van der Waals surface area (Å²) in [5, 5.41) is 22.3. The minimum absolute atomic E-state index is 0.0976. The Morgan fingerprint density at radius 2 is 1.88 bits per heavy atom. The molecule has 3 rings (SSSR count). The molecule has 6 nitrogen and oxygen atoms in total. The molecule has 0 aromatic heterocycles. The number of nitrogens with zero attached hydrogens (tertiary/aromatic N) is 1. The molecule has 2 fully saturated rings. The summed E-state index contributed by atoms with van der Waals surface area (Å²) in [4.78, 5) is 24.0. The lowest BCUT2D eigenvalue weighted by Crippen LogP contribution is -2.51. The molecule has 1 aromatic carbocycles. The van der Waals surface area contributed by atoms with E-state index in [4.69, 9.17) is 4.74 Å². The van der Waals surface area contributed by atoms with Crippen LogP contribution in [0.5, 0.6) is 0 Å². The van der Waals surface area contributed by atoms with E-state index in [1.165, 1.54) is 0 Å². The Morgan fingerprint density at radius 1 is 1.23 bits per heavy atom. The van der Waals surface area contributed by atoms with Gasteiger partial charge in [-0.15, -0.1) is 0 Å². The Hall–Kier alpha value is -1.92. The lowest BCUT2D eigenvalue weighted by Gasteiger charge is -2.33. The van der Waals surface area contributed by atoms with Gasteiger partial charge in [0.2, 0.25) is 0 Å². The molecule has 2 aliphatic rings. The van der Waals surface area contributed by atoms with Crippen LogP contribution in [0, 0.1) is 5.92 Å². The van der Waals surface area contributed by atoms with Crippen LogP contribution in [0.1, 0.15) is 37.7 Å². The Bertz CT molecular complexity index is 657. The zero-order valence-electron chi connectivity index (χ0n) is 15.2. The second-order valence-corrected chi connectivity index (χ2v) is 7.99. The van der Waals surface area contributed by atoms with Crippen LogP contribution in [0.3, 0.4) is 0 Å². The molecule has 0 unspecified atom stereocenters. The fourth-order valence-electron chi connectivity index (χ4n) is 4.48. The number of carbonyl (C=O) groups excluding carboxylic acids is 2. The van der Waals surface area contributed by atoms with Crippen molar-refractivity contribution in [3.05, 3.63) is 35.9 Å². The number of rotatable bonds is 6. The number of likely N-dealkylation sites (N-methyl/N-ethyl adjacent to an activating group) is 1. The molecule has 0 bridgehead atoms. The minimum Gasteiger partial charge on any atom is -0.544 e. The minimum atomic E-state index is -1.64. The molecule has 0 spiro atoms. The maximum atomic E-state index is 13.0. The van der Waals surface area contributed by atoms with E-state index in [0.717, 1.165) is 25.7 Å². The fraction of sp³-hybridized carbons (Fsp3) is 0.600. The maximum Gasteiger partial charge on any atom is 0.343 e. The van der Waals surface area contributed by atoms with E-state index in [1.807, 2.05) is 25.2 Å². The quantitative estimate of drug-likeness (QED) is 0.592. The van der Waals surface area contributed by atoms with Gasteiger partial charge in [0.25, 0.3) is 0 Å². The van der Waals surface area contributed by atoms with Gasteiger partial charge in [0.15, 0.2) is 11.7 Å². The average Bonchev–Trinajstić information content (AvgIpc) is 3.25.